The van der Waals surface area contributed by atoms with E-state index in [2.05, 4.69) is 0 Å². The maximum absolute atomic E-state index is 6.43. The molecule has 0 fully saturated rings. The molecule has 2 unspecified atom stereocenters. The average Bonchev–Trinajstić information content (AvgIpc) is 2.45. The number of hydrogen-bond donors (Lipinski definition) is 0. The topological polar surface area (TPSA) is 36.9 Å². The molecule has 0 aromatic carbocycles. The molecule has 0 heterocycles. The van der Waals surface area contributed by atoms with Crippen LogP contribution in [0, 0.1) is 0 Å². The Bertz CT molecular complexity index is 265. The first-order chi connectivity index (χ1) is 9.93. The Morgan fingerprint density at radius 1 is 1.05 bits per heavy atom. The highest BCUT2D eigenvalue weighted by Gasteiger charge is 2.49. The van der Waals surface area contributed by atoms with Gasteiger partial charge in [0.25, 0.3) is 0 Å². The minimum Gasteiger partial charge on any atom is -0.374 e. The van der Waals surface area contributed by atoms with Crippen molar-refractivity contribution in [2.75, 3.05) is 25.7 Å². The maximum Gasteiger partial charge on any atom is 0.503 e. The molecule has 0 aromatic heterocycles. The van der Waals surface area contributed by atoms with Gasteiger partial charge in [-0.2, -0.15) is 0 Å². The Balaban J connectivity index is 5.25. The minimum absolute atomic E-state index is 0.277. The molecular weight excluding hydrogens is 331 g/mol. The van der Waals surface area contributed by atoms with Crippen molar-refractivity contribution in [2.45, 2.75) is 64.7 Å². The van der Waals surface area contributed by atoms with Gasteiger partial charge in [-0.1, -0.05) is 6.92 Å². The number of rotatable bonds is 13. The van der Waals surface area contributed by atoms with Crippen LogP contribution in [0.2, 0.25) is 6.04 Å². The van der Waals surface area contributed by atoms with Crippen molar-refractivity contribution in [3.63, 3.8) is 0 Å². The quantitative estimate of drug-likeness (QED) is 0.277. The molecule has 0 aliphatic rings. The van der Waals surface area contributed by atoms with E-state index in [0.717, 1.165) is 12.8 Å². The second-order valence-corrected chi connectivity index (χ2v) is 8.32. The van der Waals surface area contributed by atoms with Crippen molar-refractivity contribution < 1.29 is 18.0 Å². The summed E-state index contributed by atoms with van der Waals surface area (Å²) >= 11 is 12.3. The van der Waals surface area contributed by atoms with Crippen molar-refractivity contribution in [1.29, 1.82) is 0 Å². The van der Waals surface area contributed by atoms with Gasteiger partial charge in [-0.3, -0.25) is 0 Å². The van der Waals surface area contributed by atoms with Crippen LogP contribution in [-0.2, 0) is 18.0 Å². The summed E-state index contributed by atoms with van der Waals surface area (Å²) in [7, 11) is -2.86. The van der Waals surface area contributed by atoms with Crippen LogP contribution in [0.25, 0.3) is 0 Å². The largest absolute Gasteiger partial charge is 0.503 e. The molecule has 4 nitrogen and oxygen atoms in total. The van der Waals surface area contributed by atoms with Gasteiger partial charge in [0, 0.05) is 31.7 Å². The van der Waals surface area contributed by atoms with Crippen molar-refractivity contribution in [3.8, 4) is 0 Å². The van der Waals surface area contributed by atoms with Crippen LogP contribution in [-0.4, -0.2) is 45.7 Å². The highest BCUT2D eigenvalue weighted by Crippen LogP contribution is 2.32. The first-order valence-corrected chi connectivity index (χ1v) is 10.7. The second-order valence-electron chi connectivity index (χ2n) is 4.77. The zero-order chi connectivity index (χ0) is 16.4. The van der Waals surface area contributed by atoms with E-state index in [-0.39, 0.29) is 5.38 Å². The predicted octanol–water partition coefficient (Wildman–Crippen LogP) is 4.41. The standard InChI is InChI=1S/C14H30Cl2O4Si/c1-6-13(16)14(5,17-7-2)20-21(18-8-3,19-9-4)12-10-11-15/h13H,6-12H2,1-5H3. The van der Waals surface area contributed by atoms with E-state index < -0.39 is 14.6 Å². The van der Waals surface area contributed by atoms with Gasteiger partial charge >= 0.3 is 8.80 Å². The summed E-state index contributed by atoms with van der Waals surface area (Å²) in [5.74, 6) is -0.379. The highest BCUT2D eigenvalue weighted by atomic mass is 35.5. The van der Waals surface area contributed by atoms with E-state index in [1.807, 2.05) is 34.6 Å². The van der Waals surface area contributed by atoms with E-state index in [1.165, 1.54) is 0 Å². The number of hydrogen-bond acceptors (Lipinski definition) is 4. The van der Waals surface area contributed by atoms with Gasteiger partial charge in [-0.25, -0.2) is 0 Å². The van der Waals surface area contributed by atoms with Crippen LogP contribution in [0.3, 0.4) is 0 Å². The van der Waals surface area contributed by atoms with E-state index in [9.17, 15) is 0 Å². The van der Waals surface area contributed by atoms with Gasteiger partial charge in [0.15, 0.2) is 5.79 Å². The fourth-order valence-corrected chi connectivity index (χ4v) is 5.61. The fraction of sp³-hybridized carbons (Fsp3) is 1.00. The molecule has 0 bridgehead atoms. The summed E-state index contributed by atoms with van der Waals surface area (Å²) in [5, 5.41) is -0.277. The summed E-state index contributed by atoms with van der Waals surface area (Å²) in [5.41, 5.74) is 0. The van der Waals surface area contributed by atoms with Gasteiger partial charge in [0.1, 0.15) is 0 Å². The van der Waals surface area contributed by atoms with Crippen LogP contribution in [0.1, 0.15) is 47.5 Å². The van der Waals surface area contributed by atoms with Crippen LogP contribution in [0.5, 0.6) is 0 Å². The summed E-state index contributed by atoms with van der Waals surface area (Å²) in [6.07, 6.45) is 1.51. The lowest BCUT2D eigenvalue weighted by Gasteiger charge is -2.41. The number of ether oxygens (including phenoxy) is 1. The molecule has 0 aliphatic carbocycles. The first kappa shape index (κ1) is 21.6. The lowest BCUT2D eigenvalue weighted by Crippen LogP contribution is -2.56. The molecule has 0 aliphatic heterocycles. The van der Waals surface area contributed by atoms with Crippen molar-refractivity contribution in [1.82, 2.24) is 0 Å². The Kier molecular flexibility index (Phi) is 11.6. The van der Waals surface area contributed by atoms with Crippen molar-refractivity contribution in [2.24, 2.45) is 0 Å². The number of halogens is 2. The van der Waals surface area contributed by atoms with Crippen LogP contribution in [0.4, 0.5) is 0 Å². The Hall–Kier alpha value is 0.637. The third-order valence-electron chi connectivity index (χ3n) is 3.06. The molecule has 128 valence electrons. The second kappa shape index (κ2) is 11.2. The van der Waals surface area contributed by atoms with Crippen LogP contribution < -0.4 is 0 Å². The predicted molar refractivity (Wildman–Crippen MR) is 90.2 cm³/mol. The summed E-state index contributed by atoms with van der Waals surface area (Å²) in [4.78, 5) is 0. The van der Waals surface area contributed by atoms with E-state index in [4.69, 9.17) is 41.2 Å². The van der Waals surface area contributed by atoms with Gasteiger partial charge in [0.05, 0.1) is 5.38 Å². The van der Waals surface area contributed by atoms with Crippen LogP contribution in [0.15, 0.2) is 0 Å². The Morgan fingerprint density at radius 3 is 2.00 bits per heavy atom. The molecule has 0 radical (unpaired) electrons. The molecule has 0 saturated carbocycles. The molecule has 21 heavy (non-hydrogen) atoms. The maximum atomic E-state index is 6.43. The molecular formula is C14H30Cl2O4Si. The van der Waals surface area contributed by atoms with Gasteiger partial charge in [-0.05, 0) is 40.5 Å². The summed E-state index contributed by atoms with van der Waals surface area (Å²) in [6.45, 7) is 11.2. The number of alkyl halides is 2. The van der Waals surface area contributed by atoms with Crippen LogP contribution >= 0.6 is 23.2 Å². The smallest absolute Gasteiger partial charge is 0.374 e. The molecule has 0 amide bonds. The van der Waals surface area contributed by atoms with E-state index in [0.29, 0.717) is 31.7 Å². The van der Waals surface area contributed by atoms with Gasteiger partial charge < -0.3 is 18.0 Å². The van der Waals surface area contributed by atoms with E-state index in [1.54, 1.807) is 0 Å². The lowest BCUT2D eigenvalue weighted by molar-refractivity contribution is -0.198. The van der Waals surface area contributed by atoms with Gasteiger partial charge in [0.2, 0.25) is 0 Å². The molecule has 0 saturated heterocycles. The Labute approximate surface area is 140 Å². The molecule has 0 aromatic rings. The van der Waals surface area contributed by atoms with E-state index >= 15 is 0 Å². The monoisotopic (exact) mass is 360 g/mol. The minimum atomic E-state index is -2.86. The third kappa shape index (κ3) is 7.16. The summed E-state index contributed by atoms with van der Waals surface area (Å²) < 4.78 is 23.9. The first-order valence-electron chi connectivity index (χ1n) is 7.75. The van der Waals surface area contributed by atoms with Crippen molar-refractivity contribution in [3.05, 3.63) is 0 Å². The summed E-state index contributed by atoms with van der Waals surface area (Å²) in [6, 6.07) is 0.661. The zero-order valence-electron chi connectivity index (χ0n) is 13.9. The fourth-order valence-electron chi connectivity index (χ4n) is 2.17. The average molecular weight is 361 g/mol. The third-order valence-corrected chi connectivity index (χ3v) is 7.17. The molecule has 0 N–H and O–H groups in total. The lowest BCUT2D eigenvalue weighted by atomic mass is 10.2. The molecule has 7 heteroatoms. The molecule has 0 rings (SSSR count). The normalized spacial score (nSPS) is 16.7. The van der Waals surface area contributed by atoms with Gasteiger partial charge in [-0.15, -0.1) is 23.2 Å². The van der Waals surface area contributed by atoms with Crippen molar-refractivity contribution >= 4 is 32.0 Å². The molecule has 0 spiro atoms. The SMILES string of the molecule is CCOC(C)(O[Si](CCCCl)(OCC)OCC)C(Cl)CC. The highest BCUT2D eigenvalue weighted by molar-refractivity contribution is 6.61. The zero-order valence-corrected chi connectivity index (χ0v) is 16.4. The Morgan fingerprint density at radius 2 is 1.62 bits per heavy atom. The molecule has 2 atom stereocenters.